The Kier molecular flexibility index (Phi) is 4.53. The molecule has 110 valence electrons. The Morgan fingerprint density at radius 2 is 2.05 bits per heavy atom. The van der Waals surface area contributed by atoms with Crippen LogP contribution < -0.4 is 10.1 Å². The molecule has 1 saturated carbocycles. The molecular formula is C17H17BrClNO. The van der Waals surface area contributed by atoms with E-state index in [1.807, 2.05) is 37.3 Å². The molecule has 1 fully saturated rings. The van der Waals surface area contributed by atoms with E-state index in [-0.39, 0.29) is 0 Å². The number of halogens is 2. The lowest BCUT2D eigenvalue weighted by Gasteiger charge is -2.11. The van der Waals surface area contributed by atoms with Crippen molar-refractivity contribution in [2.75, 3.05) is 0 Å². The number of benzene rings is 2. The van der Waals surface area contributed by atoms with Crippen LogP contribution in [0.4, 0.5) is 0 Å². The molecule has 3 rings (SSSR count). The van der Waals surface area contributed by atoms with Crippen molar-refractivity contribution in [2.45, 2.75) is 32.4 Å². The number of aryl methyl sites for hydroxylation is 1. The molecule has 0 bridgehead atoms. The fourth-order valence-electron chi connectivity index (χ4n) is 2.13. The van der Waals surface area contributed by atoms with Crippen LogP contribution in [0.25, 0.3) is 0 Å². The topological polar surface area (TPSA) is 21.3 Å². The van der Waals surface area contributed by atoms with Gasteiger partial charge in [-0.05, 0) is 61.2 Å². The smallest absolute Gasteiger partial charge is 0.130 e. The molecule has 0 atom stereocenters. The van der Waals surface area contributed by atoms with Crippen LogP contribution in [0.5, 0.6) is 11.5 Å². The highest BCUT2D eigenvalue weighted by Gasteiger charge is 2.20. The zero-order valence-corrected chi connectivity index (χ0v) is 14.2. The molecule has 0 saturated heterocycles. The van der Waals surface area contributed by atoms with Gasteiger partial charge in [0.1, 0.15) is 11.5 Å². The second-order valence-corrected chi connectivity index (χ2v) is 6.71. The van der Waals surface area contributed by atoms with Crippen molar-refractivity contribution in [1.82, 2.24) is 5.32 Å². The summed E-state index contributed by atoms with van der Waals surface area (Å²) in [5.74, 6) is 1.65. The molecule has 1 N–H and O–H groups in total. The Hall–Kier alpha value is -1.03. The maximum Gasteiger partial charge on any atom is 0.130 e. The van der Waals surface area contributed by atoms with Crippen LogP contribution >= 0.6 is 27.5 Å². The fourth-order valence-corrected chi connectivity index (χ4v) is 2.86. The molecule has 4 heteroatoms. The first kappa shape index (κ1) is 14.9. The van der Waals surface area contributed by atoms with Crippen LogP contribution in [-0.2, 0) is 6.54 Å². The minimum atomic E-state index is 0.713. The number of rotatable bonds is 5. The van der Waals surface area contributed by atoms with Crippen molar-refractivity contribution in [3.8, 4) is 11.5 Å². The van der Waals surface area contributed by atoms with Crippen LogP contribution in [0.3, 0.4) is 0 Å². The number of ether oxygens (including phenoxy) is 1. The van der Waals surface area contributed by atoms with Crippen molar-refractivity contribution >= 4 is 27.5 Å². The Morgan fingerprint density at radius 1 is 1.24 bits per heavy atom. The van der Waals surface area contributed by atoms with Gasteiger partial charge in [-0.2, -0.15) is 0 Å². The predicted molar refractivity (Wildman–Crippen MR) is 90.3 cm³/mol. The SMILES string of the molecule is Cc1cc(Cl)ccc1Oc1ccc(CNC2CC2)c(Br)c1. The molecule has 2 aromatic carbocycles. The van der Waals surface area contributed by atoms with Crippen molar-refractivity contribution in [2.24, 2.45) is 0 Å². The lowest BCUT2D eigenvalue weighted by atomic mass is 10.2. The highest BCUT2D eigenvalue weighted by atomic mass is 79.9. The first-order chi connectivity index (χ1) is 10.1. The monoisotopic (exact) mass is 365 g/mol. The summed E-state index contributed by atoms with van der Waals surface area (Å²) in [6.45, 7) is 2.88. The third-order valence-corrected chi connectivity index (χ3v) is 4.52. The van der Waals surface area contributed by atoms with Gasteiger partial charge in [0.05, 0.1) is 0 Å². The first-order valence-electron chi connectivity index (χ1n) is 7.07. The van der Waals surface area contributed by atoms with E-state index in [1.54, 1.807) is 0 Å². The summed E-state index contributed by atoms with van der Waals surface area (Å²) >= 11 is 9.58. The number of hydrogen-bond acceptors (Lipinski definition) is 2. The summed E-state index contributed by atoms with van der Waals surface area (Å²) in [7, 11) is 0. The van der Waals surface area contributed by atoms with E-state index in [1.165, 1.54) is 18.4 Å². The van der Waals surface area contributed by atoms with Gasteiger partial charge in [0.2, 0.25) is 0 Å². The quantitative estimate of drug-likeness (QED) is 0.759. The third kappa shape index (κ3) is 4.00. The largest absolute Gasteiger partial charge is 0.457 e. The summed E-state index contributed by atoms with van der Waals surface area (Å²) in [6.07, 6.45) is 2.60. The first-order valence-corrected chi connectivity index (χ1v) is 8.25. The van der Waals surface area contributed by atoms with Crippen LogP contribution in [-0.4, -0.2) is 6.04 Å². The predicted octanol–water partition coefficient (Wildman–Crippen LogP) is 5.46. The maximum atomic E-state index is 5.96. The van der Waals surface area contributed by atoms with E-state index in [2.05, 4.69) is 27.3 Å². The maximum absolute atomic E-state index is 5.96. The molecule has 0 aromatic heterocycles. The minimum Gasteiger partial charge on any atom is -0.457 e. The molecular weight excluding hydrogens is 350 g/mol. The third-order valence-electron chi connectivity index (χ3n) is 3.55. The highest BCUT2D eigenvalue weighted by molar-refractivity contribution is 9.10. The average Bonchev–Trinajstić information content (AvgIpc) is 3.25. The van der Waals surface area contributed by atoms with Crippen molar-refractivity contribution in [3.63, 3.8) is 0 Å². The summed E-state index contributed by atoms with van der Waals surface area (Å²) in [4.78, 5) is 0. The van der Waals surface area contributed by atoms with Crippen molar-refractivity contribution < 1.29 is 4.74 Å². The Bertz CT molecular complexity index is 655. The van der Waals surface area contributed by atoms with Gasteiger partial charge < -0.3 is 10.1 Å². The summed E-state index contributed by atoms with van der Waals surface area (Å²) in [5, 5.41) is 4.24. The summed E-state index contributed by atoms with van der Waals surface area (Å²) in [5.41, 5.74) is 2.28. The van der Waals surface area contributed by atoms with E-state index in [9.17, 15) is 0 Å². The molecule has 2 aromatic rings. The lowest BCUT2D eigenvalue weighted by molar-refractivity contribution is 0.478. The molecule has 21 heavy (non-hydrogen) atoms. The Morgan fingerprint density at radius 3 is 2.71 bits per heavy atom. The zero-order valence-electron chi connectivity index (χ0n) is 11.8. The van der Waals surface area contributed by atoms with Crippen LogP contribution in [0, 0.1) is 6.92 Å². The van der Waals surface area contributed by atoms with Gasteiger partial charge in [-0.15, -0.1) is 0 Å². The van der Waals surface area contributed by atoms with E-state index in [4.69, 9.17) is 16.3 Å². The van der Waals surface area contributed by atoms with Crippen LogP contribution in [0.15, 0.2) is 40.9 Å². The van der Waals surface area contributed by atoms with E-state index in [0.717, 1.165) is 33.1 Å². The number of nitrogens with one attached hydrogen (secondary N) is 1. The molecule has 1 aliphatic carbocycles. The molecule has 0 heterocycles. The van der Waals surface area contributed by atoms with Crippen molar-refractivity contribution in [3.05, 3.63) is 57.0 Å². The van der Waals surface area contributed by atoms with Crippen LogP contribution in [0.2, 0.25) is 5.02 Å². The van der Waals surface area contributed by atoms with E-state index in [0.29, 0.717) is 6.04 Å². The molecule has 0 unspecified atom stereocenters. The average molecular weight is 367 g/mol. The highest BCUT2D eigenvalue weighted by Crippen LogP contribution is 2.30. The normalized spacial score (nSPS) is 14.2. The van der Waals surface area contributed by atoms with Gasteiger partial charge in [0.25, 0.3) is 0 Å². The fraction of sp³-hybridized carbons (Fsp3) is 0.294. The molecule has 2 nitrogen and oxygen atoms in total. The van der Waals surface area contributed by atoms with E-state index >= 15 is 0 Å². The van der Waals surface area contributed by atoms with Gasteiger partial charge in [0.15, 0.2) is 0 Å². The molecule has 1 aliphatic rings. The second-order valence-electron chi connectivity index (χ2n) is 5.42. The second kappa shape index (κ2) is 6.39. The molecule has 0 spiro atoms. The molecule has 0 amide bonds. The van der Waals surface area contributed by atoms with E-state index < -0.39 is 0 Å². The van der Waals surface area contributed by atoms with Gasteiger partial charge in [-0.1, -0.05) is 33.6 Å². The summed E-state index contributed by atoms with van der Waals surface area (Å²) < 4.78 is 7.00. The molecule has 0 aliphatic heterocycles. The minimum absolute atomic E-state index is 0.713. The van der Waals surface area contributed by atoms with Crippen molar-refractivity contribution in [1.29, 1.82) is 0 Å². The van der Waals surface area contributed by atoms with Gasteiger partial charge >= 0.3 is 0 Å². The Balaban J connectivity index is 1.71. The lowest BCUT2D eigenvalue weighted by Crippen LogP contribution is -2.15. The summed E-state index contributed by atoms with van der Waals surface area (Å²) in [6, 6.07) is 12.5. The van der Waals surface area contributed by atoms with Gasteiger partial charge in [-0.3, -0.25) is 0 Å². The van der Waals surface area contributed by atoms with Crippen LogP contribution in [0.1, 0.15) is 24.0 Å². The Labute approximate surface area is 138 Å². The number of hydrogen-bond donors (Lipinski definition) is 1. The molecule has 0 radical (unpaired) electrons. The standard InChI is InChI=1S/C17H17BrClNO/c1-11-8-13(19)3-7-17(11)21-15-6-2-12(16(18)9-15)10-20-14-4-5-14/h2-3,6-9,14,20H,4-5,10H2,1H3. The van der Waals surface area contributed by atoms with Gasteiger partial charge in [-0.25, -0.2) is 0 Å². The van der Waals surface area contributed by atoms with Gasteiger partial charge in [0, 0.05) is 22.1 Å². The zero-order chi connectivity index (χ0) is 14.8.